The number of likely N-dealkylation sites (N-methyl/N-ethyl adjacent to an activating group) is 1. The van der Waals surface area contributed by atoms with Crippen molar-refractivity contribution >= 4 is 0 Å². The van der Waals surface area contributed by atoms with Crippen LogP contribution in [0, 0.1) is 0 Å². The van der Waals surface area contributed by atoms with Crippen LogP contribution < -0.4 is 14.2 Å². The van der Waals surface area contributed by atoms with E-state index in [0.717, 1.165) is 50.4 Å². The van der Waals surface area contributed by atoms with E-state index in [1.54, 1.807) is 32.4 Å². The van der Waals surface area contributed by atoms with E-state index >= 15 is 0 Å². The molecule has 5 nitrogen and oxygen atoms in total. The van der Waals surface area contributed by atoms with Gasteiger partial charge >= 0.3 is 6.18 Å². The van der Waals surface area contributed by atoms with Gasteiger partial charge in [-0.2, -0.15) is 13.2 Å². The molecule has 2 aromatic rings. The van der Waals surface area contributed by atoms with Crippen molar-refractivity contribution in [3.63, 3.8) is 0 Å². The molecule has 0 unspecified atom stereocenters. The van der Waals surface area contributed by atoms with Crippen LogP contribution in [0.1, 0.15) is 23.7 Å². The van der Waals surface area contributed by atoms with Gasteiger partial charge < -0.3 is 24.0 Å². The van der Waals surface area contributed by atoms with Gasteiger partial charge in [-0.1, -0.05) is 6.07 Å². The highest BCUT2D eigenvalue weighted by Crippen LogP contribution is 2.36. The molecule has 1 saturated heterocycles. The van der Waals surface area contributed by atoms with Gasteiger partial charge in [-0.15, -0.1) is 0 Å². The lowest BCUT2D eigenvalue weighted by Crippen LogP contribution is -2.45. The third kappa shape index (κ3) is 6.27. The summed E-state index contributed by atoms with van der Waals surface area (Å²) in [5.74, 6) is 1.41. The Bertz CT molecular complexity index is 852. The molecule has 0 spiro atoms. The van der Waals surface area contributed by atoms with Crippen LogP contribution in [-0.2, 0) is 6.18 Å². The molecule has 0 aromatic heterocycles. The van der Waals surface area contributed by atoms with Crippen molar-refractivity contribution in [2.45, 2.75) is 18.7 Å². The summed E-state index contributed by atoms with van der Waals surface area (Å²) in [6.45, 7) is 4.63. The highest BCUT2D eigenvalue weighted by Gasteiger charge is 2.31. The number of hydrogen-bond donors (Lipinski definition) is 0. The topological polar surface area (TPSA) is 34.2 Å². The number of nitrogens with zero attached hydrogens (tertiary/aromatic N) is 2. The van der Waals surface area contributed by atoms with Crippen LogP contribution >= 0.6 is 0 Å². The summed E-state index contributed by atoms with van der Waals surface area (Å²) in [5, 5.41) is 0. The Balaban J connectivity index is 1.86. The second-order valence-corrected chi connectivity index (χ2v) is 7.67. The van der Waals surface area contributed by atoms with E-state index < -0.39 is 17.8 Å². The first-order chi connectivity index (χ1) is 14.8. The third-order valence-electron chi connectivity index (χ3n) is 5.53. The lowest BCUT2D eigenvalue weighted by atomic mass is 10.0. The minimum Gasteiger partial charge on any atom is -0.497 e. The smallest absolute Gasteiger partial charge is 0.416 e. The van der Waals surface area contributed by atoms with Gasteiger partial charge in [-0.05, 0) is 43.4 Å². The molecule has 0 amide bonds. The standard InChI is InChI=1S/C23H29F3N2O3/c1-27-11-13-28(14-12-27)10-9-22(20-16-18(29-2)7-8-21(20)30-3)31-19-6-4-5-17(15-19)23(24,25)26/h4-8,15-16,22H,9-14H2,1-3H3/t22-/m1/s1. The summed E-state index contributed by atoms with van der Waals surface area (Å²) in [6, 6.07) is 10.4. The van der Waals surface area contributed by atoms with Gasteiger partial charge in [-0.3, -0.25) is 0 Å². The van der Waals surface area contributed by atoms with E-state index in [-0.39, 0.29) is 5.75 Å². The number of halogens is 3. The Morgan fingerprint density at radius 2 is 1.68 bits per heavy atom. The summed E-state index contributed by atoms with van der Waals surface area (Å²) in [7, 11) is 5.23. The van der Waals surface area contributed by atoms with Gasteiger partial charge in [0.25, 0.3) is 0 Å². The SMILES string of the molecule is COc1ccc(OC)c([C@@H](CCN2CCN(C)CC2)Oc2cccc(C(F)(F)F)c2)c1. The first-order valence-electron chi connectivity index (χ1n) is 10.3. The Kier molecular flexibility index (Phi) is 7.67. The molecule has 1 atom stereocenters. The Morgan fingerprint density at radius 3 is 2.32 bits per heavy atom. The molecule has 1 aliphatic heterocycles. The van der Waals surface area contributed by atoms with Crippen LogP contribution in [0.3, 0.4) is 0 Å². The summed E-state index contributed by atoms with van der Waals surface area (Å²) in [5.41, 5.74) is 0.00816. The molecule has 0 N–H and O–H groups in total. The van der Waals surface area contributed by atoms with Gasteiger partial charge in [0, 0.05) is 44.7 Å². The van der Waals surface area contributed by atoms with Crippen LogP contribution in [0.5, 0.6) is 17.2 Å². The summed E-state index contributed by atoms with van der Waals surface area (Å²) < 4.78 is 56.5. The number of hydrogen-bond acceptors (Lipinski definition) is 5. The minimum atomic E-state index is -4.43. The molecule has 0 bridgehead atoms. The predicted octanol–water partition coefficient (Wildman–Crippen LogP) is 4.48. The molecule has 1 heterocycles. The molecule has 1 fully saturated rings. The van der Waals surface area contributed by atoms with E-state index in [4.69, 9.17) is 14.2 Å². The number of piperazine rings is 1. The molecule has 170 valence electrons. The number of ether oxygens (including phenoxy) is 3. The Hall–Kier alpha value is -2.45. The van der Waals surface area contributed by atoms with Gasteiger partial charge in [0.2, 0.25) is 0 Å². The minimum absolute atomic E-state index is 0.170. The maximum Gasteiger partial charge on any atom is 0.416 e. The lowest BCUT2D eigenvalue weighted by molar-refractivity contribution is -0.137. The van der Waals surface area contributed by atoms with Gasteiger partial charge in [0.05, 0.1) is 19.8 Å². The Labute approximate surface area is 181 Å². The second-order valence-electron chi connectivity index (χ2n) is 7.67. The van der Waals surface area contributed by atoms with Gasteiger partial charge in [-0.25, -0.2) is 0 Å². The first kappa shape index (κ1) is 23.2. The summed E-state index contributed by atoms with van der Waals surface area (Å²) in [6.07, 6.45) is -4.32. The highest BCUT2D eigenvalue weighted by molar-refractivity contribution is 5.42. The number of alkyl halides is 3. The highest BCUT2D eigenvalue weighted by atomic mass is 19.4. The zero-order valence-corrected chi connectivity index (χ0v) is 18.1. The number of methoxy groups -OCH3 is 2. The molecule has 1 aliphatic rings. The molecule has 0 saturated carbocycles. The molecular formula is C23H29F3N2O3. The van der Waals surface area contributed by atoms with Crippen LogP contribution in [0.2, 0.25) is 0 Å². The van der Waals surface area contributed by atoms with Crippen LogP contribution in [0.25, 0.3) is 0 Å². The van der Waals surface area contributed by atoms with Crippen LogP contribution in [0.15, 0.2) is 42.5 Å². The van der Waals surface area contributed by atoms with E-state index in [9.17, 15) is 13.2 Å². The molecule has 0 radical (unpaired) electrons. The van der Waals surface area contributed by atoms with Crippen molar-refractivity contribution in [1.82, 2.24) is 9.80 Å². The monoisotopic (exact) mass is 438 g/mol. The second kappa shape index (κ2) is 10.2. The van der Waals surface area contributed by atoms with Crippen molar-refractivity contribution in [3.05, 3.63) is 53.6 Å². The zero-order valence-electron chi connectivity index (χ0n) is 18.1. The molecule has 0 aliphatic carbocycles. The maximum absolute atomic E-state index is 13.2. The molecule has 3 rings (SSSR count). The predicted molar refractivity (Wildman–Crippen MR) is 113 cm³/mol. The van der Waals surface area contributed by atoms with E-state index in [1.807, 2.05) is 6.07 Å². The molecule has 31 heavy (non-hydrogen) atoms. The van der Waals surface area contributed by atoms with Crippen molar-refractivity contribution < 1.29 is 27.4 Å². The maximum atomic E-state index is 13.2. The quantitative estimate of drug-likeness (QED) is 0.607. The lowest BCUT2D eigenvalue weighted by Gasteiger charge is -2.33. The number of rotatable bonds is 8. The van der Waals surface area contributed by atoms with Crippen molar-refractivity contribution in [2.24, 2.45) is 0 Å². The Morgan fingerprint density at radius 1 is 0.935 bits per heavy atom. The molecular weight excluding hydrogens is 409 g/mol. The van der Waals surface area contributed by atoms with Crippen molar-refractivity contribution in [3.8, 4) is 17.2 Å². The fourth-order valence-electron chi connectivity index (χ4n) is 3.65. The third-order valence-corrected chi connectivity index (χ3v) is 5.53. The van der Waals surface area contributed by atoms with E-state index in [2.05, 4.69) is 16.8 Å². The van der Waals surface area contributed by atoms with E-state index in [0.29, 0.717) is 17.9 Å². The van der Waals surface area contributed by atoms with Crippen LogP contribution in [-0.4, -0.2) is 63.8 Å². The van der Waals surface area contributed by atoms with Crippen molar-refractivity contribution in [2.75, 3.05) is 54.0 Å². The fourth-order valence-corrected chi connectivity index (χ4v) is 3.65. The zero-order chi connectivity index (χ0) is 22.4. The van der Waals surface area contributed by atoms with E-state index in [1.165, 1.54) is 6.07 Å². The van der Waals surface area contributed by atoms with Gasteiger partial charge in [0.15, 0.2) is 0 Å². The average molecular weight is 438 g/mol. The largest absolute Gasteiger partial charge is 0.497 e. The first-order valence-corrected chi connectivity index (χ1v) is 10.3. The molecule has 2 aromatic carbocycles. The summed E-state index contributed by atoms with van der Waals surface area (Å²) >= 11 is 0. The van der Waals surface area contributed by atoms with Crippen LogP contribution in [0.4, 0.5) is 13.2 Å². The summed E-state index contributed by atoms with van der Waals surface area (Å²) in [4.78, 5) is 4.62. The normalized spacial score (nSPS) is 16.7. The average Bonchev–Trinajstić information content (AvgIpc) is 2.77. The van der Waals surface area contributed by atoms with Crippen molar-refractivity contribution in [1.29, 1.82) is 0 Å². The fraction of sp³-hybridized carbons (Fsp3) is 0.478. The van der Waals surface area contributed by atoms with Gasteiger partial charge in [0.1, 0.15) is 23.4 Å². The molecule has 8 heteroatoms. The number of benzene rings is 2.